The molecule has 0 spiro atoms. The van der Waals surface area contributed by atoms with Crippen molar-refractivity contribution in [2.75, 3.05) is 5.88 Å². The van der Waals surface area contributed by atoms with Gasteiger partial charge < -0.3 is 8.83 Å². The lowest BCUT2D eigenvalue weighted by atomic mass is 9.87. The Morgan fingerprint density at radius 2 is 1.64 bits per heavy atom. The Morgan fingerprint density at radius 3 is 1.93 bits per heavy atom. The maximum atomic E-state index is 5.97. The molecule has 0 N–H and O–H groups in total. The van der Waals surface area contributed by atoms with Crippen molar-refractivity contribution in [1.29, 1.82) is 0 Å². The van der Waals surface area contributed by atoms with Gasteiger partial charge in [0.15, 0.2) is 0 Å². The highest BCUT2D eigenvalue weighted by Crippen LogP contribution is 2.33. The van der Waals surface area contributed by atoms with E-state index in [-0.39, 0.29) is 5.41 Å². The average molecular weight is 211 g/mol. The molecule has 0 aliphatic heterocycles. The van der Waals surface area contributed by atoms with Crippen molar-refractivity contribution < 1.29 is 8.83 Å². The van der Waals surface area contributed by atoms with Crippen LogP contribution in [0.2, 0.25) is 0 Å². The lowest BCUT2D eigenvalue weighted by Gasteiger charge is -2.21. The Hall–Kier alpha value is -1.15. The zero-order chi connectivity index (χ0) is 10.0. The number of hydrogen-bond acceptors (Lipinski definition) is 2. The third kappa shape index (κ3) is 1.36. The van der Waals surface area contributed by atoms with Crippen LogP contribution in [0.15, 0.2) is 45.6 Å². The fraction of sp³-hybridized carbons (Fsp3) is 0.273. The van der Waals surface area contributed by atoms with Gasteiger partial charge in [-0.2, -0.15) is 0 Å². The number of hydrogen-bond donors (Lipinski definition) is 0. The molecule has 0 amide bonds. The Balaban J connectivity index is 2.45. The van der Waals surface area contributed by atoms with Crippen LogP contribution in [0.3, 0.4) is 0 Å². The molecule has 2 heterocycles. The summed E-state index contributed by atoms with van der Waals surface area (Å²) in [6, 6.07) is 7.52. The van der Waals surface area contributed by atoms with Gasteiger partial charge in [0, 0.05) is 5.88 Å². The molecular weight excluding hydrogens is 200 g/mol. The zero-order valence-corrected chi connectivity index (χ0v) is 8.62. The van der Waals surface area contributed by atoms with Gasteiger partial charge in [-0.1, -0.05) is 0 Å². The monoisotopic (exact) mass is 210 g/mol. The van der Waals surface area contributed by atoms with E-state index in [1.807, 2.05) is 31.2 Å². The predicted octanol–water partition coefficient (Wildman–Crippen LogP) is 3.42. The summed E-state index contributed by atoms with van der Waals surface area (Å²) >= 11 is 5.97. The van der Waals surface area contributed by atoms with Crippen molar-refractivity contribution in [3.8, 4) is 0 Å². The summed E-state index contributed by atoms with van der Waals surface area (Å²) in [5.74, 6) is 2.07. The van der Waals surface area contributed by atoms with Gasteiger partial charge in [0.1, 0.15) is 11.5 Å². The first-order valence-electron chi connectivity index (χ1n) is 4.41. The van der Waals surface area contributed by atoms with Crippen LogP contribution in [0.4, 0.5) is 0 Å². The molecular formula is C11H11ClO2. The molecule has 0 radical (unpaired) electrons. The van der Waals surface area contributed by atoms with Crippen LogP contribution in [-0.2, 0) is 5.41 Å². The summed E-state index contributed by atoms with van der Waals surface area (Å²) in [5, 5.41) is 0. The molecule has 3 heteroatoms. The summed E-state index contributed by atoms with van der Waals surface area (Å²) in [5.41, 5.74) is -0.380. The second kappa shape index (κ2) is 3.54. The van der Waals surface area contributed by atoms with Gasteiger partial charge in [-0.25, -0.2) is 0 Å². The fourth-order valence-electron chi connectivity index (χ4n) is 1.44. The normalized spacial score (nSPS) is 11.9. The smallest absolute Gasteiger partial charge is 0.118 e. The second-order valence-electron chi connectivity index (χ2n) is 3.42. The van der Waals surface area contributed by atoms with E-state index in [4.69, 9.17) is 20.4 Å². The molecule has 0 aromatic carbocycles. The van der Waals surface area contributed by atoms with Crippen molar-refractivity contribution in [3.63, 3.8) is 0 Å². The van der Waals surface area contributed by atoms with E-state index in [0.29, 0.717) is 5.88 Å². The minimum absolute atomic E-state index is 0.380. The van der Waals surface area contributed by atoms with Gasteiger partial charge in [-0.15, -0.1) is 11.6 Å². The molecule has 74 valence electrons. The topological polar surface area (TPSA) is 26.3 Å². The van der Waals surface area contributed by atoms with Crippen LogP contribution >= 0.6 is 11.6 Å². The minimum Gasteiger partial charge on any atom is -0.468 e. The number of rotatable bonds is 3. The van der Waals surface area contributed by atoms with Crippen LogP contribution in [0.1, 0.15) is 18.4 Å². The Labute approximate surface area is 87.5 Å². The Morgan fingerprint density at radius 1 is 1.14 bits per heavy atom. The van der Waals surface area contributed by atoms with Gasteiger partial charge in [-0.3, -0.25) is 0 Å². The van der Waals surface area contributed by atoms with Crippen LogP contribution in [-0.4, -0.2) is 5.88 Å². The molecule has 0 atom stereocenters. The van der Waals surface area contributed by atoms with Gasteiger partial charge in [0.25, 0.3) is 0 Å². The van der Waals surface area contributed by atoms with Crippen LogP contribution in [0, 0.1) is 0 Å². The molecule has 14 heavy (non-hydrogen) atoms. The highest BCUT2D eigenvalue weighted by atomic mass is 35.5. The Bertz CT molecular complexity index is 341. The number of furan rings is 2. The molecule has 2 rings (SSSR count). The van der Waals surface area contributed by atoms with E-state index in [0.717, 1.165) is 11.5 Å². The van der Waals surface area contributed by atoms with E-state index in [2.05, 4.69) is 0 Å². The van der Waals surface area contributed by atoms with Crippen molar-refractivity contribution >= 4 is 11.6 Å². The third-order valence-corrected chi connectivity index (χ3v) is 2.93. The lowest BCUT2D eigenvalue weighted by molar-refractivity contribution is 0.367. The summed E-state index contributed by atoms with van der Waals surface area (Å²) < 4.78 is 10.7. The third-order valence-electron chi connectivity index (χ3n) is 2.40. The lowest BCUT2D eigenvalue weighted by Crippen LogP contribution is -2.24. The minimum atomic E-state index is -0.380. The number of alkyl halides is 1. The van der Waals surface area contributed by atoms with Crippen LogP contribution < -0.4 is 0 Å². The zero-order valence-electron chi connectivity index (χ0n) is 7.87. The first-order valence-corrected chi connectivity index (χ1v) is 4.95. The first kappa shape index (κ1) is 9.41. The maximum Gasteiger partial charge on any atom is 0.118 e. The highest BCUT2D eigenvalue weighted by molar-refractivity contribution is 6.18. The van der Waals surface area contributed by atoms with E-state index in [1.165, 1.54) is 0 Å². The molecule has 0 fully saturated rings. The van der Waals surface area contributed by atoms with Crippen molar-refractivity contribution in [2.45, 2.75) is 12.3 Å². The molecule has 2 nitrogen and oxygen atoms in total. The fourth-order valence-corrected chi connectivity index (χ4v) is 1.70. The molecule has 2 aromatic heterocycles. The highest BCUT2D eigenvalue weighted by Gasteiger charge is 2.33. The largest absolute Gasteiger partial charge is 0.468 e. The summed E-state index contributed by atoms with van der Waals surface area (Å²) in [7, 11) is 0. The van der Waals surface area contributed by atoms with Crippen molar-refractivity contribution in [1.82, 2.24) is 0 Å². The SMILES string of the molecule is CC(CCl)(c1ccco1)c1ccco1. The maximum absolute atomic E-state index is 5.97. The van der Waals surface area contributed by atoms with Gasteiger partial charge in [0.05, 0.1) is 17.9 Å². The van der Waals surface area contributed by atoms with E-state index in [9.17, 15) is 0 Å². The molecule has 0 unspecified atom stereocenters. The predicted molar refractivity (Wildman–Crippen MR) is 54.6 cm³/mol. The quantitative estimate of drug-likeness (QED) is 0.726. The molecule has 0 aliphatic rings. The van der Waals surface area contributed by atoms with E-state index >= 15 is 0 Å². The molecule has 2 aromatic rings. The summed E-state index contributed by atoms with van der Waals surface area (Å²) in [6.07, 6.45) is 3.28. The van der Waals surface area contributed by atoms with Crippen molar-refractivity contribution in [2.24, 2.45) is 0 Å². The average Bonchev–Trinajstić information content (AvgIpc) is 2.88. The van der Waals surface area contributed by atoms with E-state index in [1.54, 1.807) is 12.5 Å². The summed E-state index contributed by atoms with van der Waals surface area (Å²) in [6.45, 7) is 2.00. The van der Waals surface area contributed by atoms with Gasteiger partial charge in [-0.05, 0) is 31.2 Å². The molecule has 0 saturated carbocycles. The number of halogens is 1. The second-order valence-corrected chi connectivity index (χ2v) is 3.69. The van der Waals surface area contributed by atoms with Crippen LogP contribution in [0.5, 0.6) is 0 Å². The Kier molecular flexibility index (Phi) is 2.38. The standard InChI is InChI=1S/C11H11ClO2/c1-11(8-12,9-4-2-6-13-9)10-5-3-7-14-10/h2-7H,8H2,1H3. The van der Waals surface area contributed by atoms with Crippen molar-refractivity contribution in [3.05, 3.63) is 48.3 Å². The molecule has 0 bridgehead atoms. The van der Waals surface area contributed by atoms with E-state index < -0.39 is 0 Å². The van der Waals surface area contributed by atoms with Gasteiger partial charge >= 0.3 is 0 Å². The molecule has 0 aliphatic carbocycles. The van der Waals surface area contributed by atoms with Crippen LogP contribution in [0.25, 0.3) is 0 Å². The summed E-state index contributed by atoms with van der Waals surface area (Å²) in [4.78, 5) is 0. The molecule has 0 saturated heterocycles. The van der Waals surface area contributed by atoms with Gasteiger partial charge in [0.2, 0.25) is 0 Å². The first-order chi connectivity index (χ1) is 6.77.